The second kappa shape index (κ2) is 7.72. The van der Waals surface area contributed by atoms with Gasteiger partial charge in [-0.2, -0.15) is 0 Å². The number of carbonyl (C=O) groups excluding carboxylic acids is 1. The first-order valence-electron chi connectivity index (χ1n) is 9.11. The second-order valence-electron chi connectivity index (χ2n) is 6.85. The van der Waals surface area contributed by atoms with Crippen LogP contribution in [-0.2, 0) is 24.2 Å². The van der Waals surface area contributed by atoms with Crippen molar-refractivity contribution in [2.24, 2.45) is 5.92 Å². The van der Waals surface area contributed by atoms with Gasteiger partial charge in [-0.05, 0) is 52.4 Å². The molecule has 1 atom stereocenters. The Bertz CT molecular complexity index is 953. The normalized spacial score (nSPS) is 15.7. The number of nitrogens with zero attached hydrogens (tertiary/aromatic N) is 1. The number of hydrogen-bond acceptors (Lipinski definition) is 4. The number of hydrogen-bond donors (Lipinski definition) is 1. The number of rotatable bonds is 5. The monoisotopic (exact) mass is 359 g/mol. The highest BCUT2D eigenvalue weighted by atomic mass is 16.5. The van der Waals surface area contributed by atoms with Crippen LogP contribution in [0.3, 0.4) is 0 Å². The van der Waals surface area contributed by atoms with Gasteiger partial charge in [0.15, 0.2) is 0 Å². The molecule has 3 aromatic rings. The van der Waals surface area contributed by atoms with Crippen molar-refractivity contribution in [2.45, 2.75) is 19.4 Å². The molecule has 1 N–H and O–H groups in total. The number of ketones is 1. The topological polar surface area (TPSA) is 59.4 Å². The van der Waals surface area contributed by atoms with E-state index in [-0.39, 0.29) is 18.3 Å². The van der Waals surface area contributed by atoms with E-state index in [9.17, 15) is 9.90 Å². The largest absolute Gasteiger partial charge is 0.493 e. The first-order chi connectivity index (χ1) is 13.2. The minimum absolute atomic E-state index is 0.0698. The molecule has 1 aliphatic rings. The van der Waals surface area contributed by atoms with Gasteiger partial charge in [0.2, 0.25) is 0 Å². The lowest BCUT2D eigenvalue weighted by atomic mass is 9.89. The highest BCUT2D eigenvalue weighted by Gasteiger charge is 2.25. The van der Waals surface area contributed by atoms with Crippen LogP contribution in [0.5, 0.6) is 5.75 Å². The summed E-state index contributed by atoms with van der Waals surface area (Å²) in [5, 5.41) is 9.78. The molecule has 4 nitrogen and oxygen atoms in total. The third-order valence-electron chi connectivity index (χ3n) is 5.04. The molecule has 27 heavy (non-hydrogen) atoms. The fourth-order valence-electron chi connectivity index (χ4n) is 3.58. The molecule has 1 aromatic heterocycles. The van der Waals surface area contributed by atoms with Crippen LogP contribution < -0.4 is 4.74 Å². The number of aliphatic hydroxyl groups is 1. The second-order valence-corrected chi connectivity index (χ2v) is 6.85. The quantitative estimate of drug-likeness (QED) is 0.756. The van der Waals surface area contributed by atoms with Gasteiger partial charge in [-0.3, -0.25) is 9.78 Å². The van der Waals surface area contributed by atoms with Crippen LogP contribution in [0.2, 0.25) is 0 Å². The zero-order chi connectivity index (χ0) is 18.6. The summed E-state index contributed by atoms with van der Waals surface area (Å²) in [5.74, 6) is 0.924. The van der Waals surface area contributed by atoms with E-state index in [1.165, 1.54) is 0 Å². The maximum Gasteiger partial charge on any atom is 0.144 e. The Balaban J connectivity index is 1.50. The van der Waals surface area contributed by atoms with E-state index >= 15 is 0 Å². The lowest BCUT2D eigenvalue weighted by Crippen LogP contribution is -2.29. The molecule has 0 amide bonds. The Hall–Kier alpha value is -2.98. The smallest absolute Gasteiger partial charge is 0.144 e. The molecule has 2 aromatic carbocycles. The van der Waals surface area contributed by atoms with Crippen molar-refractivity contribution < 1.29 is 14.6 Å². The average molecular weight is 359 g/mol. The Morgan fingerprint density at radius 3 is 2.74 bits per heavy atom. The predicted molar refractivity (Wildman–Crippen MR) is 103 cm³/mol. The lowest BCUT2D eigenvalue weighted by Gasteiger charge is -2.24. The average Bonchev–Trinajstić information content (AvgIpc) is 2.74. The van der Waals surface area contributed by atoms with Crippen molar-refractivity contribution in [3.8, 4) is 16.9 Å². The number of pyridine rings is 1. The van der Waals surface area contributed by atoms with Gasteiger partial charge >= 0.3 is 0 Å². The Morgan fingerprint density at radius 1 is 1.11 bits per heavy atom. The minimum Gasteiger partial charge on any atom is -0.493 e. The molecule has 1 unspecified atom stereocenters. The molecule has 0 fully saturated rings. The lowest BCUT2D eigenvalue weighted by molar-refractivity contribution is -0.123. The zero-order valence-electron chi connectivity index (χ0n) is 15.0. The number of Topliss-reactive ketones (excluding diaryl/α,β-unsaturated/α-hetero) is 1. The van der Waals surface area contributed by atoms with Crippen LogP contribution in [0.25, 0.3) is 11.1 Å². The molecule has 0 radical (unpaired) electrons. The van der Waals surface area contributed by atoms with E-state index in [1.54, 1.807) is 12.4 Å². The summed E-state index contributed by atoms with van der Waals surface area (Å²) in [6.45, 7) is 0.359. The van der Waals surface area contributed by atoms with Crippen molar-refractivity contribution >= 4 is 5.78 Å². The van der Waals surface area contributed by atoms with E-state index < -0.39 is 0 Å². The van der Waals surface area contributed by atoms with Crippen LogP contribution in [0.4, 0.5) is 0 Å². The standard InChI is InChI=1S/C23H21NO3/c25-14-19-11-16(5-6-21(19)17-7-9-24-10-8-17)12-22(26)20-13-18-3-1-2-4-23(18)27-15-20/h1-11,20,25H,12-15H2. The van der Waals surface area contributed by atoms with Crippen LogP contribution >= 0.6 is 0 Å². The summed E-state index contributed by atoms with van der Waals surface area (Å²) in [7, 11) is 0. The summed E-state index contributed by atoms with van der Waals surface area (Å²) in [6, 6.07) is 17.6. The van der Waals surface area contributed by atoms with E-state index in [1.807, 2.05) is 54.6 Å². The molecule has 0 bridgehead atoms. The van der Waals surface area contributed by atoms with E-state index in [0.717, 1.165) is 40.0 Å². The maximum atomic E-state index is 12.8. The third kappa shape index (κ3) is 3.76. The fourth-order valence-corrected chi connectivity index (χ4v) is 3.58. The fraction of sp³-hybridized carbons (Fsp3) is 0.217. The number of aliphatic hydroxyl groups excluding tert-OH is 1. The SMILES string of the molecule is O=C(Cc1ccc(-c2ccncc2)c(CO)c1)C1COc2ccccc2C1. The van der Waals surface area contributed by atoms with Crippen molar-refractivity contribution in [3.05, 3.63) is 83.7 Å². The van der Waals surface area contributed by atoms with Crippen molar-refractivity contribution in [2.75, 3.05) is 6.61 Å². The highest BCUT2D eigenvalue weighted by molar-refractivity contribution is 5.84. The van der Waals surface area contributed by atoms with Gasteiger partial charge in [-0.1, -0.05) is 36.4 Å². The zero-order valence-corrected chi connectivity index (χ0v) is 15.0. The molecule has 4 heteroatoms. The van der Waals surface area contributed by atoms with Gasteiger partial charge in [0.1, 0.15) is 11.5 Å². The Morgan fingerprint density at radius 2 is 1.93 bits per heavy atom. The summed E-state index contributed by atoms with van der Waals surface area (Å²) < 4.78 is 5.75. The van der Waals surface area contributed by atoms with Crippen molar-refractivity contribution in [1.82, 2.24) is 4.98 Å². The number of aromatic nitrogens is 1. The van der Waals surface area contributed by atoms with Crippen LogP contribution in [0.1, 0.15) is 16.7 Å². The molecule has 0 saturated carbocycles. The van der Waals surface area contributed by atoms with E-state index in [4.69, 9.17) is 4.74 Å². The van der Waals surface area contributed by atoms with Crippen LogP contribution in [-0.4, -0.2) is 22.5 Å². The predicted octanol–water partition coefficient (Wildman–Crippen LogP) is 3.60. The summed E-state index contributed by atoms with van der Waals surface area (Å²) in [6.07, 6.45) is 4.53. The molecule has 0 saturated heterocycles. The molecule has 4 rings (SSSR count). The number of fused-ring (bicyclic) bond motifs is 1. The summed E-state index contributed by atoms with van der Waals surface area (Å²) >= 11 is 0. The molecule has 136 valence electrons. The molecule has 2 heterocycles. The van der Waals surface area contributed by atoms with Crippen molar-refractivity contribution in [1.29, 1.82) is 0 Å². The molecular formula is C23H21NO3. The van der Waals surface area contributed by atoms with Gasteiger partial charge in [-0.15, -0.1) is 0 Å². The van der Waals surface area contributed by atoms with Crippen molar-refractivity contribution in [3.63, 3.8) is 0 Å². The molecular weight excluding hydrogens is 338 g/mol. The Labute approximate surface area is 158 Å². The Kier molecular flexibility index (Phi) is 4.99. The van der Waals surface area contributed by atoms with Gasteiger partial charge in [0.25, 0.3) is 0 Å². The number of benzene rings is 2. The molecule has 0 spiro atoms. The molecule has 0 aliphatic carbocycles. The van der Waals surface area contributed by atoms with Gasteiger partial charge < -0.3 is 9.84 Å². The number of carbonyl (C=O) groups is 1. The summed E-state index contributed by atoms with van der Waals surface area (Å²) in [4.78, 5) is 16.8. The summed E-state index contributed by atoms with van der Waals surface area (Å²) in [5.41, 5.74) is 4.79. The van der Waals surface area contributed by atoms with E-state index in [0.29, 0.717) is 13.0 Å². The number of para-hydroxylation sites is 1. The van der Waals surface area contributed by atoms with E-state index in [2.05, 4.69) is 4.98 Å². The van der Waals surface area contributed by atoms with Gasteiger partial charge in [0.05, 0.1) is 19.1 Å². The first-order valence-corrected chi connectivity index (χ1v) is 9.11. The van der Waals surface area contributed by atoms with Crippen LogP contribution in [0.15, 0.2) is 67.0 Å². The number of ether oxygens (including phenoxy) is 1. The highest BCUT2D eigenvalue weighted by Crippen LogP contribution is 2.29. The molecule has 1 aliphatic heterocycles. The minimum atomic E-state index is -0.127. The van der Waals surface area contributed by atoms with Crippen LogP contribution in [0, 0.1) is 5.92 Å². The van der Waals surface area contributed by atoms with Gasteiger partial charge in [-0.25, -0.2) is 0 Å². The third-order valence-corrected chi connectivity index (χ3v) is 5.04. The maximum absolute atomic E-state index is 12.8. The first kappa shape index (κ1) is 17.4. The van der Waals surface area contributed by atoms with Gasteiger partial charge in [0, 0.05) is 18.8 Å².